The predicted molar refractivity (Wildman–Crippen MR) is 80.1 cm³/mol. The lowest BCUT2D eigenvalue weighted by Crippen LogP contribution is -2.26. The monoisotopic (exact) mass is 277 g/mol. The number of pyridine rings is 1. The average Bonchev–Trinajstić information content (AvgIpc) is 2.41. The van der Waals surface area contributed by atoms with Gasteiger partial charge in [0.25, 0.3) is 0 Å². The first-order valence-corrected chi connectivity index (χ1v) is 6.73. The van der Waals surface area contributed by atoms with Gasteiger partial charge in [-0.15, -0.1) is 0 Å². The summed E-state index contributed by atoms with van der Waals surface area (Å²) < 4.78 is 14.2. The van der Waals surface area contributed by atoms with Gasteiger partial charge in [0.15, 0.2) is 5.82 Å². The van der Waals surface area contributed by atoms with E-state index in [0.717, 1.165) is 6.42 Å². The molecule has 1 atom stereocenters. The van der Waals surface area contributed by atoms with Crippen LogP contribution in [0.15, 0.2) is 24.4 Å². The molecule has 1 heterocycles. The Morgan fingerprint density at radius 3 is 2.85 bits per heavy atom. The molecule has 2 aromatic rings. The van der Waals surface area contributed by atoms with Crippen molar-refractivity contribution in [3.05, 3.63) is 30.2 Å². The van der Waals surface area contributed by atoms with Gasteiger partial charge < -0.3 is 16.2 Å². The Labute approximate surface area is 117 Å². The van der Waals surface area contributed by atoms with Crippen molar-refractivity contribution < 1.29 is 9.50 Å². The summed E-state index contributed by atoms with van der Waals surface area (Å²) in [4.78, 5) is 4.21. The second kappa shape index (κ2) is 6.05. The van der Waals surface area contributed by atoms with Gasteiger partial charge in [-0.1, -0.05) is 13.8 Å². The molecule has 0 fully saturated rings. The SMILES string of the molecule is CC(C)CC(CO)Nc1c(F)cc(N)c2cccnc12. The maximum atomic E-state index is 14.2. The topological polar surface area (TPSA) is 71.2 Å². The number of nitrogens with zero attached hydrogens (tertiary/aromatic N) is 1. The molecule has 0 bridgehead atoms. The van der Waals surface area contributed by atoms with Crippen LogP contribution in [0.3, 0.4) is 0 Å². The van der Waals surface area contributed by atoms with Crippen LogP contribution in [0.25, 0.3) is 10.9 Å². The van der Waals surface area contributed by atoms with Crippen molar-refractivity contribution in [1.29, 1.82) is 0 Å². The van der Waals surface area contributed by atoms with Gasteiger partial charge in [-0.05, 0) is 30.5 Å². The number of aromatic nitrogens is 1. The molecular formula is C15H20FN3O. The molecule has 0 aliphatic carbocycles. The first-order chi connectivity index (χ1) is 9.52. The summed E-state index contributed by atoms with van der Waals surface area (Å²) in [6.07, 6.45) is 2.34. The fourth-order valence-electron chi connectivity index (χ4n) is 2.33. The van der Waals surface area contributed by atoms with Gasteiger partial charge in [-0.2, -0.15) is 0 Å². The predicted octanol–water partition coefficient (Wildman–Crippen LogP) is 2.78. The molecule has 0 aliphatic heterocycles. The van der Waals surface area contributed by atoms with E-state index in [-0.39, 0.29) is 12.6 Å². The Kier molecular flexibility index (Phi) is 4.39. The summed E-state index contributed by atoms with van der Waals surface area (Å²) >= 11 is 0. The molecule has 108 valence electrons. The zero-order valence-corrected chi connectivity index (χ0v) is 11.7. The van der Waals surface area contributed by atoms with E-state index in [0.29, 0.717) is 28.2 Å². The number of nitrogen functional groups attached to an aromatic ring is 1. The molecule has 20 heavy (non-hydrogen) atoms. The van der Waals surface area contributed by atoms with Crippen molar-refractivity contribution in [2.75, 3.05) is 17.7 Å². The van der Waals surface area contributed by atoms with Crippen molar-refractivity contribution in [3.63, 3.8) is 0 Å². The zero-order valence-electron chi connectivity index (χ0n) is 11.7. The minimum atomic E-state index is -0.448. The van der Waals surface area contributed by atoms with Crippen LogP contribution in [-0.4, -0.2) is 22.7 Å². The molecule has 0 spiro atoms. The molecule has 0 amide bonds. The molecule has 0 saturated carbocycles. The summed E-state index contributed by atoms with van der Waals surface area (Å²) in [6.45, 7) is 4.05. The van der Waals surface area contributed by atoms with E-state index >= 15 is 0 Å². The lowest BCUT2D eigenvalue weighted by molar-refractivity contribution is 0.259. The minimum absolute atomic E-state index is 0.0592. The smallest absolute Gasteiger partial charge is 0.150 e. The Bertz CT molecular complexity index is 601. The number of fused-ring (bicyclic) bond motifs is 1. The molecule has 0 aliphatic rings. The van der Waals surface area contributed by atoms with Crippen LogP contribution in [0.2, 0.25) is 0 Å². The van der Waals surface area contributed by atoms with Crippen LogP contribution in [0.1, 0.15) is 20.3 Å². The van der Waals surface area contributed by atoms with Crippen molar-refractivity contribution >= 4 is 22.3 Å². The van der Waals surface area contributed by atoms with Crippen molar-refractivity contribution in [2.24, 2.45) is 5.92 Å². The van der Waals surface area contributed by atoms with Gasteiger partial charge in [0.1, 0.15) is 0 Å². The molecule has 1 aromatic heterocycles. The van der Waals surface area contributed by atoms with E-state index < -0.39 is 5.82 Å². The summed E-state index contributed by atoms with van der Waals surface area (Å²) in [5.41, 5.74) is 6.97. The third-order valence-corrected chi connectivity index (χ3v) is 3.20. The molecular weight excluding hydrogens is 257 g/mol. The van der Waals surface area contributed by atoms with E-state index in [4.69, 9.17) is 5.73 Å². The van der Waals surface area contributed by atoms with Gasteiger partial charge in [0, 0.05) is 23.3 Å². The van der Waals surface area contributed by atoms with Gasteiger partial charge >= 0.3 is 0 Å². The maximum Gasteiger partial charge on any atom is 0.150 e. The highest BCUT2D eigenvalue weighted by molar-refractivity contribution is 5.98. The molecule has 2 rings (SSSR count). The number of hydrogen-bond donors (Lipinski definition) is 3. The average molecular weight is 277 g/mol. The summed E-state index contributed by atoms with van der Waals surface area (Å²) in [5, 5.41) is 13.2. The van der Waals surface area contributed by atoms with Gasteiger partial charge in [0.05, 0.1) is 17.8 Å². The number of aliphatic hydroxyl groups excluding tert-OH is 1. The van der Waals surface area contributed by atoms with E-state index in [1.54, 1.807) is 18.3 Å². The second-order valence-corrected chi connectivity index (χ2v) is 5.38. The molecule has 0 radical (unpaired) electrons. The van der Waals surface area contributed by atoms with Crippen LogP contribution in [0.5, 0.6) is 0 Å². The number of anilines is 2. The Hall–Kier alpha value is -1.88. The van der Waals surface area contributed by atoms with Crippen LogP contribution in [0, 0.1) is 11.7 Å². The number of hydrogen-bond acceptors (Lipinski definition) is 4. The highest BCUT2D eigenvalue weighted by atomic mass is 19.1. The van der Waals surface area contributed by atoms with E-state index in [9.17, 15) is 9.50 Å². The molecule has 4 N–H and O–H groups in total. The molecule has 0 saturated heterocycles. The number of nitrogens with one attached hydrogen (secondary N) is 1. The third kappa shape index (κ3) is 2.99. The largest absolute Gasteiger partial charge is 0.398 e. The number of nitrogens with two attached hydrogens (primary N) is 1. The van der Waals surface area contributed by atoms with Gasteiger partial charge in [-0.25, -0.2) is 4.39 Å². The van der Waals surface area contributed by atoms with Crippen molar-refractivity contribution in [1.82, 2.24) is 4.98 Å². The number of rotatable bonds is 5. The Morgan fingerprint density at radius 2 is 2.20 bits per heavy atom. The first-order valence-electron chi connectivity index (χ1n) is 6.73. The fraction of sp³-hybridized carbons (Fsp3) is 0.400. The quantitative estimate of drug-likeness (QED) is 0.735. The highest BCUT2D eigenvalue weighted by Crippen LogP contribution is 2.30. The summed E-state index contributed by atoms with van der Waals surface area (Å²) in [6, 6.07) is 4.64. The third-order valence-electron chi connectivity index (χ3n) is 3.20. The van der Waals surface area contributed by atoms with Crippen LogP contribution < -0.4 is 11.1 Å². The Balaban J connectivity index is 2.43. The fourth-order valence-corrected chi connectivity index (χ4v) is 2.33. The standard InChI is InChI=1S/C15H20FN3O/c1-9(2)6-10(8-20)19-15-12(16)7-13(17)11-4-3-5-18-14(11)15/h3-5,7,9-10,19-20H,6,8,17H2,1-2H3. The minimum Gasteiger partial charge on any atom is -0.398 e. The number of benzene rings is 1. The lowest BCUT2D eigenvalue weighted by Gasteiger charge is -2.21. The molecule has 1 unspecified atom stereocenters. The number of aliphatic hydroxyl groups is 1. The van der Waals surface area contributed by atoms with Crippen LogP contribution in [-0.2, 0) is 0 Å². The van der Waals surface area contributed by atoms with Gasteiger partial charge in [-0.3, -0.25) is 4.98 Å². The normalized spacial score (nSPS) is 12.8. The first kappa shape index (κ1) is 14.5. The van der Waals surface area contributed by atoms with Crippen LogP contribution >= 0.6 is 0 Å². The molecule has 5 heteroatoms. The van der Waals surface area contributed by atoms with Crippen LogP contribution in [0.4, 0.5) is 15.8 Å². The molecule has 1 aromatic carbocycles. The van der Waals surface area contributed by atoms with Gasteiger partial charge in [0.2, 0.25) is 0 Å². The summed E-state index contributed by atoms with van der Waals surface area (Å²) in [5.74, 6) is -0.0494. The van der Waals surface area contributed by atoms with Crippen molar-refractivity contribution in [3.8, 4) is 0 Å². The second-order valence-electron chi connectivity index (χ2n) is 5.38. The highest BCUT2D eigenvalue weighted by Gasteiger charge is 2.16. The summed E-state index contributed by atoms with van der Waals surface area (Å²) in [7, 11) is 0. The lowest BCUT2D eigenvalue weighted by atomic mass is 10.0. The number of halogens is 1. The maximum absolute atomic E-state index is 14.2. The van der Waals surface area contributed by atoms with E-state index in [1.807, 2.05) is 0 Å². The zero-order chi connectivity index (χ0) is 14.7. The Morgan fingerprint density at radius 1 is 1.45 bits per heavy atom. The van der Waals surface area contributed by atoms with E-state index in [2.05, 4.69) is 24.1 Å². The van der Waals surface area contributed by atoms with E-state index in [1.165, 1.54) is 6.07 Å². The molecule has 4 nitrogen and oxygen atoms in total. The van der Waals surface area contributed by atoms with Crippen molar-refractivity contribution in [2.45, 2.75) is 26.3 Å².